The molecular weight excluding hydrogens is 396 g/mol. The van der Waals surface area contributed by atoms with Crippen LogP contribution >= 0.6 is 0 Å². The Labute approximate surface area is 191 Å². The summed E-state index contributed by atoms with van der Waals surface area (Å²) in [6.07, 6.45) is 3.16. The lowest BCUT2D eigenvalue weighted by Gasteiger charge is -2.42. The summed E-state index contributed by atoms with van der Waals surface area (Å²) in [5.41, 5.74) is 7.45. The molecule has 3 heterocycles. The number of rotatable bonds is 6. The molecule has 0 spiro atoms. The molecule has 0 saturated carbocycles. The second kappa shape index (κ2) is 8.91. The van der Waals surface area contributed by atoms with Gasteiger partial charge in [0.05, 0.1) is 18.7 Å². The van der Waals surface area contributed by atoms with Gasteiger partial charge in [-0.25, -0.2) is 0 Å². The van der Waals surface area contributed by atoms with E-state index in [1.54, 1.807) is 0 Å². The molecule has 32 heavy (non-hydrogen) atoms. The fourth-order valence-electron chi connectivity index (χ4n) is 5.13. The molecule has 0 aliphatic carbocycles. The maximum absolute atomic E-state index is 13.4. The van der Waals surface area contributed by atoms with Crippen molar-refractivity contribution in [3.05, 3.63) is 82.1 Å². The number of carbonyl (C=O) groups is 1. The summed E-state index contributed by atoms with van der Waals surface area (Å²) in [5.74, 6) is 1.00. The molecule has 3 aliphatic rings. The normalized spacial score (nSPS) is 18.7. The van der Waals surface area contributed by atoms with Crippen LogP contribution in [0.15, 0.2) is 64.8 Å². The molecule has 5 heteroatoms. The number of nitrogens with zero attached hydrogens (tertiary/aromatic N) is 4. The van der Waals surface area contributed by atoms with Crippen molar-refractivity contribution in [2.75, 3.05) is 26.2 Å². The smallest absolute Gasteiger partial charge is 0.259 e. The summed E-state index contributed by atoms with van der Waals surface area (Å²) in [6, 6.07) is 17.4. The van der Waals surface area contributed by atoms with Gasteiger partial charge in [0, 0.05) is 38.3 Å². The Morgan fingerprint density at radius 2 is 1.84 bits per heavy atom. The van der Waals surface area contributed by atoms with Gasteiger partial charge in [0.2, 0.25) is 5.96 Å². The first-order valence-electron chi connectivity index (χ1n) is 11.8. The molecule has 2 aromatic carbocycles. The van der Waals surface area contributed by atoms with E-state index in [1.807, 2.05) is 11.0 Å². The van der Waals surface area contributed by atoms with Crippen LogP contribution in [0.2, 0.25) is 0 Å². The molecule has 0 fully saturated rings. The van der Waals surface area contributed by atoms with Gasteiger partial charge in [-0.3, -0.25) is 19.6 Å². The van der Waals surface area contributed by atoms with Crippen LogP contribution in [0.4, 0.5) is 0 Å². The molecule has 0 atom stereocenters. The first-order chi connectivity index (χ1) is 15.6. The zero-order valence-electron chi connectivity index (χ0n) is 19.2. The predicted molar refractivity (Wildman–Crippen MR) is 128 cm³/mol. The average molecular weight is 429 g/mol. The van der Waals surface area contributed by atoms with Gasteiger partial charge >= 0.3 is 0 Å². The first kappa shape index (κ1) is 21.0. The lowest BCUT2D eigenvalue weighted by Crippen LogP contribution is -2.53. The Kier molecular flexibility index (Phi) is 5.83. The number of guanidine groups is 1. The highest BCUT2D eigenvalue weighted by Gasteiger charge is 2.41. The maximum Gasteiger partial charge on any atom is 0.259 e. The van der Waals surface area contributed by atoms with Crippen LogP contribution in [0.5, 0.6) is 0 Å². The van der Waals surface area contributed by atoms with Gasteiger partial charge < -0.3 is 4.90 Å². The maximum atomic E-state index is 13.4. The van der Waals surface area contributed by atoms with Gasteiger partial charge in [-0.1, -0.05) is 61.9 Å². The molecule has 0 unspecified atom stereocenters. The van der Waals surface area contributed by atoms with Gasteiger partial charge in [-0.05, 0) is 35.6 Å². The Morgan fingerprint density at radius 1 is 1.00 bits per heavy atom. The second-order valence-corrected chi connectivity index (χ2v) is 9.11. The monoisotopic (exact) mass is 428 g/mol. The summed E-state index contributed by atoms with van der Waals surface area (Å²) in [4.78, 5) is 24.7. The summed E-state index contributed by atoms with van der Waals surface area (Å²) < 4.78 is 0. The van der Waals surface area contributed by atoms with Crippen molar-refractivity contribution in [3.63, 3.8) is 0 Å². The molecular formula is C27H32N4O. The Hall–Kier alpha value is -2.92. The van der Waals surface area contributed by atoms with E-state index in [2.05, 4.69) is 66.1 Å². The minimum atomic E-state index is 0.153. The Bertz CT molecular complexity index is 1070. The third-order valence-electron chi connectivity index (χ3n) is 6.81. The highest BCUT2D eigenvalue weighted by atomic mass is 16.2. The highest BCUT2D eigenvalue weighted by Crippen LogP contribution is 2.33. The van der Waals surface area contributed by atoms with Crippen LogP contribution in [0, 0.1) is 6.92 Å². The van der Waals surface area contributed by atoms with Crippen molar-refractivity contribution in [2.45, 2.75) is 46.2 Å². The largest absolute Gasteiger partial charge is 0.311 e. The van der Waals surface area contributed by atoms with Gasteiger partial charge in [-0.15, -0.1) is 0 Å². The lowest BCUT2D eigenvalue weighted by atomic mass is 9.98. The molecule has 0 aromatic heterocycles. The van der Waals surface area contributed by atoms with E-state index in [0.717, 1.165) is 50.4 Å². The Morgan fingerprint density at radius 3 is 2.62 bits per heavy atom. The third kappa shape index (κ3) is 3.97. The minimum Gasteiger partial charge on any atom is -0.311 e. The molecule has 0 bridgehead atoms. The molecule has 5 nitrogen and oxygen atoms in total. The van der Waals surface area contributed by atoms with Crippen molar-refractivity contribution < 1.29 is 4.79 Å². The van der Waals surface area contributed by atoms with Crippen LogP contribution in [-0.2, 0) is 24.3 Å². The molecule has 2 aromatic rings. The molecule has 3 aliphatic heterocycles. The van der Waals surface area contributed by atoms with Gasteiger partial charge in [0.25, 0.3) is 5.91 Å². The van der Waals surface area contributed by atoms with Crippen LogP contribution in [0.3, 0.4) is 0 Å². The molecule has 0 radical (unpaired) electrons. The number of amides is 1. The van der Waals surface area contributed by atoms with E-state index < -0.39 is 0 Å². The van der Waals surface area contributed by atoms with E-state index >= 15 is 0 Å². The van der Waals surface area contributed by atoms with E-state index in [9.17, 15) is 4.79 Å². The molecule has 1 amide bonds. The van der Waals surface area contributed by atoms with E-state index in [-0.39, 0.29) is 5.91 Å². The average Bonchev–Trinajstić information content (AvgIpc) is 3.29. The number of carbonyl (C=O) groups excluding carboxylic acids is 1. The third-order valence-corrected chi connectivity index (χ3v) is 6.81. The van der Waals surface area contributed by atoms with Crippen molar-refractivity contribution in [1.82, 2.24) is 14.7 Å². The van der Waals surface area contributed by atoms with Crippen LogP contribution in [-0.4, -0.2) is 52.7 Å². The quantitative estimate of drug-likeness (QED) is 0.695. The first-order valence-corrected chi connectivity index (χ1v) is 11.8. The number of aryl methyl sites for hydroxylation is 2. The van der Waals surface area contributed by atoms with Gasteiger partial charge in [0.15, 0.2) is 0 Å². The lowest BCUT2D eigenvalue weighted by molar-refractivity contribution is -0.124. The highest BCUT2D eigenvalue weighted by molar-refractivity contribution is 6.10. The Balaban J connectivity index is 1.42. The standard InChI is InChI=1S/C27H32N4O/c1-3-7-21-10-11-23(20(2)16-21)18-31-25-12-14-29(17-22-8-5-4-6-9-22)19-24(25)26(32)30-15-13-28-27(30)31/h4-6,8-11,16H,3,7,12-15,17-19H2,1-2H3. The predicted octanol–water partition coefficient (Wildman–Crippen LogP) is 4.12. The number of benzene rings is 2. The molecule has 0 saturated heterocycles. The van der Waals surface area contributed by atoms with Crippen molar-refractivity contribution in [2.24, 2.45) is 4.99 Å². The van der Waals surface area contributed by atoms with E-state index in [0.29, 0.717) is 19.6 Å². The number of hydrogen-bond acceptors (Lipinski definition) is 4. The fraction of sp³-hybridized carbons (Fsp3) is 0.407. The minimum absolute atomic E-state index is 0.153. The zero-order chi connectivity index (χ0) is 22.1. The summed E-state index contributed by atoms with van der Waals surface area (Å²) in [7, 11) is 0. The van der Waals surface area contributed by atoms with Gasteiger partial charge in [-0.2, -0.15) is 0 Å². The summed E-state index contributed by atoms with van der Waals surface area (Å²) in [5, 5.41) is 0. The molecule has 5 rings (SSSR count). The van der Waals surface area contributed by atoms with Gasteiger partial charge in [0.1, 0.15) is 0 Å². The summed E-state index contributed by atoms with van der Waals surface area (Å²) >= 11 is 0. The van der Waals surface area contributed by atoms with Crippen LogP contribution in [0.1, 0.15) is 42.0 Å². The van der Waals surface area contributed by atoms with E-state index in [4.69, 9.17) is 4.99 Å². The molecule has 0 N–H and O–H groups in total. The topological polar surface area (TPSA) is 39.1 Å². The SMILES string of the molecule is CCCc1ccc(CN2C3=NCCN3C(=O)C3=C2CCN(Cc2ccccc2)C3)c(C)c1. The van der Waals surface area contributed by atoms with Crippen LogP contribution in [0.25, 0.3) is 0 Å². The van der Waals surface area contributed by atoms with Crippen molar-refractivity contribution in [1.29, 1.82) is 0 Å². The van der Waals surface area contributed by atoms with Crippen molar-refractivity contribution in [3.8, 4) is 0 Å². The van der Waals surface area contributed by atoms with E-state index in [1.165, 1.54) is 28.0 Å². The fourth-order valence-corrected chi connectivity index (χ4v) is 5.13. The zero-order valence-corrected chi connectivity index (χ0v) is 19.2. The molecule has 166 valence electrons. The van der Waals surface area contributed by atoms with Crippen LogP contribution < -0.4 is 0 Å². The number of hydrogen-bond donors (Lipinski definition) is 0. The summed E-state index contributed by atoms with van der Waals surface area (Å²) in [6.45, 7) is 9.13. The number of aliphatic imine (C=N–C) groups is 1. The number of fused-ring (bicyclic) bond motifs is 1. The second-order valence-electron chi connectivity index (χ2n) is 9.11. The van der Waals surface area contributed by atoms with Crippen molar-refractivity contribution >= 4 is 11.9 Å².